The van der Waals surface area contributed by atoms with Crippen molar-refractivity contribution in [3.05, 3.63) is 29.1 Å². The second-order valence-corrected chi connectivity index (χ2v) is 5.32. The molecule has 0 saturated carbocycles. The van der Waals surface area contributed by atoms with E-state index in [9.17, 15) is 47.3 Å². The number of phenolic OH excluding ortho intramolecular Hbond substituents is 1. The van der Waals surface area contributed by atoms with Crippen molar-refractivity contribution >= 4 is 17.8 Å². The molecule has 1 aromatic rings. The number of nitrogens with one attached hydrogen (secondary N) is 1. The normalized spacial score (nSPS) is 13.4. The number of carbonyl (C=O) groups excluding carboxylic acids is 3. The predicted octanol–water partition coefficient (Wildman–Crippen LogP) is -0.537. The first-order valence-corrected chi connectivity index (χ1v) is 7.41. The second kappa shape index (κ2) is 9.32. The zero-order valence-corrected chi connectivity index (χ0v) is 14.2. The van der Waals surface area contributed by atoms with Gasteiger partial charge in [-0.3, -0.25) is 14.9 Å². The molecular formula is C15H15F4N2O7. The zero-order chi connectivity index (χ0) is 21.6. The van der Waals surface area contributed by atoms with Gasteiger partial charge in [-0.25, -0.2) is 9.18 Å². The predicted molar refractivity (Wildman–Crippen MR) is 81.8 cm³/mol. The SMILES string of the molecule is C[N]C(=O)C(O)C(O)COC(=O)c1cc(F)cc(C(=O)NCC(F)(F)F)c1O. The fourth-order valence-corrected chi connectivity index (χ4v) is 1.83. The van der Waals surface area contributed by atoms with Gasteiger partial charge >= 0.3 is 12.1 Å². The molecule has 1 rings (SSSR count). The molecular weight excluding hydrogens is 396 g/mol. The third-order valence-corrected chi connectivity index (χ3v) is 3.21. The number of alkyl halides is 3. The highest BCUT2D eigenvalue weighted by molar-refractivity contribution is 6.02. The number of hydrogen-bond donors (Lipinski definition) is 4. The molecule has 0 aliphatic heterocycles. The van der Waals surface area contributed by atoms with Crippen LogP contribution >= 0.6 is 0 Å². The molecule has 2 atom stereocenters. The van der Waals surface area contributed by atoms with Crippen LogP contribution in [-0.2, 0) is 9.53 Å². The Morgan fingerprint density at radius 2 is 1.79 bits per heavy atom. The average Bonchev–Trinajstić information content (AvgIpc) is 2.63. The van der Waals surface area contributed by atoms with Gasteiger partial charge in [0.25, 0.3) is 11.8 Å². The fraction of sp³-hybridized carbons (Fsp3) is 0.400. The molecule has 0 aliphatic carbocycles. The first-order chi connectivity index (χ1) is 12.9. The number of esters is 1. The first-order valence-electron chi connectivity index (χ1n) is 7.41. The van der Waals surface area contributed by atoms with Crippen LogP contribution in [0.3, 0.4) is 0 Å². The summed E-state index contributed by atoms with van der Waals surface area (Å²) in [5.41, 5.74) is -1.89. The summed E-state index contributed by atoms with van der Waals surface area (Å²) in [4.78, 5) is 34.7. The number of aromatic hydroxyl groups is 1. The maximum absolute atomic E-state index is 13.6. The summed E-state index contributed by atoms with van der Waals surface area (Å²) in [5.74, 6) is -6.51. The van der Waals surface area contributed by atoms with E-state index in [1.54, 1.807) is 0 Å². The van der Waals surface area contributed by atoms with Crippen LogP contribution in [0.2, 0.25) is 0 Å². The van der Waals surface area contributed by atoms with E-state index in [2.05, 4.69) is 10.1 Å². The third-order valence-electron chi connectivity index (χ3n) is 3.21. The van der Waals surface area contributed by atoms with Crippen LogP contribution in [0.25, 0.3) is 0 Å². The average molecular weight is 411 g/mol. The highest BCUT2D eigenvalue weighted by Crippen LogP contribution is 2.25. The van der Waals surface area contributed by atoms with Gasteiger partial charge in [-0.15, -0.1) is 0 Å². The van der Waals surface area contributed by atoms with Crippen molar-refractivity contribution < 1.29 is 52.0 Å². The minimum absolute atomic E-state index is 0.401. The number of nitrogens with zero attached hydrogens (tertiary/aromatic N) is 1. The van der Waals surface area contributed by atoms with Gasteiger partial charge in [0, 0.05) is 7.05 Å². The van der Waals surface area contributed by atoms with E-state index >= 15 is 0 Å². The number of rotatable bonds is 7. The summed E-state index contributed by atoms with van der Waals surface area (Å²) in [6.07, 6.45) is -8.67. The Hall–Kier alpha value is -2.93. The number of ether oxygens (including phenoxy) is 1. The molecule has 0 bridgehead atoms. The van der Waals surface area contributed by atoms with Gasteiger partial charge < -0.3 is 25.4 Å². The van der Waals surface area contributed by atoms with Crippen LogP contribution in [-0.4, -0.2) is 71.7 Å². The van der Waals surface area contributed by atoms with E-state index in [0.717, 1.165) is 7.05 Å². The van der Waals surface area contributed by atoms with E-state index in [-0.39, 0.29) is 0 Å². The standard InChI is InChI=1S/C15H15F4N2O7/c1-20-13(26)11(24)9(22)4-28-14(27)8-3-6(16)2-7(10(8)23)12(25)21-5-15(17,18)19/h2-3,9,11,22-24H,4-5H2,1H3,(H,21,25). The lowest BCUT2D eigenvalue weighted by atomic mass is 10.1. The largest absolute Gasteiger partial charge is 0.506 e. The molecule has 0 fully saturated rings. The summed E-state index contributed by atoms with van der Waals surface area (Å²) in [6, 6.07) is 0.839. The molecule has 1 radical (unpaired) electrons. The molecule has 2 unspecified atom stereocenters. The number of amides is 2. The minimum Gasteiger partial charge on any atom is -0.506 e. The van der Waals surface area contributed by atoms with Gasteiger partial charge in [0.15, 0.2) is 6.10 Å². The lowest BCUT2D eigenvalue weighted by molar-refractivity contribution is -0.136. The van der Waals surface area contributed by atoms with E-state index < -0.39 is 72.0 Å². The highest BCUT2D eigenvalue weighted by atomic mass is 19.4. The number of halogens is 4. The fourth-order valence-electron chi connectivity index (χ4n) is 1.83. The van der Waals surface area contributed by atoms with Crippen LogP contribution in [0.4, 0.5) is 17.6 Å². The molecule has 9 nitrogen and oxygen atoms in total. The maximum Gasteiger partial charge on any atom is 0.405 e. The second-order valence-electron chi connectivity index (χ2n) is 5.32. The van der Waals surface area contributed by atoms with Crippen molar-refractivity contribution in [3.8, 4) is 5.75 Å². The Kier molecular flexibility index (Phi) is 7.69. The number of likely N-dealkylation sites (N-methyl/N-ethyl adjacent to an activating group) is 1. The van der Waals surface area contributed by atoms with E-state index in [4.69, 9.17) is 0 Å². The number of carbonyl (C=O) groups is 3. The highest BCUT2D eigenvalue weighted by Gasteiger charge is 2.30. The Morgan fingerprint density at radius 3 is 2.32 bits per heavy atom. The molecule has 0 heterocycles. The van der Waals surface area contributed by atoms with Crippen molar-refractivity contribution in [2.24, 2.45) is 0 Å². The van der Waals surface area contributed by atoms with Crippen molar-refractivity contribution in [1.82, 2.24) is 10.6 Å². The maximum atomic E-state index is 13.6. The monoisotopic (exact) mass is 411 g/mol. The van der Waals surface area contributed by atoms with Gasteiger partial charge in [-0.1, -0.05) is 0 Å². The van der Waals surface area contributed by atoms with Crippen molar-refractivity contribution in [2.75, 3.05) is 20.2 Å². The molecule has 2 amide bonds. The molecule has 0 saturated heterocycles. The lowest BCUT2D eigenvalue weighted by Gasteiger charge is -2.16. The molecule has 13 heteroatoms. The van der Waals surface area contributed by atoms with Gasteiger partial charge in [-0.05, 0) is 12.1 Å². The van der Waals surface area contributed by atoms with Gasteiger partial charge in [0.2, 0.25) is 0 Å². The van der Waals surface area contributed by atoms with E-state index in [1.807, 2.05) is 0 Å². The van der Waals surface area contributed by atoms with Crippen molar-refractivity contribution in [1.29, 1.82) is 0 Å². The quantitative estimate of drug-likeness (QED) is 0.348. The number of hydrogen-bond acceptors (Lipinski definition) is 7. The third kappa shape index (κ3) is 6.35. The molecule has 0 aromatic heterocycles. The molecule has 4 N–H and O–H groups in total. The number of aliphatic hydroxyl groups excluding tert-OH is 2. The van der Waals surface area contributed by atoms with Gasteiger partial charge in [0.1, 0.15) is 36.4 Å². The summed E-state index contributed by atoms with van der Waals surface area (Å²) in [6.45, 7) is -2.73. The Bertz CT molecular complexity index is 755. The molecule has 1 aromatic carbocycles. The Morgan fingerprint density at radius 1 is 1.21 bits per heavy atom. The minimum atomic E-state index is -4.76. The number of benzene rings is 1. The summed E-state index contributed by atoms with van der Waals surface area (Å²) in [5, 5.41) is 33.3. The first kappa shape index (κ1) is 23.1. The summed E-state index contributed by atoms with van der Waals surface area (Å²) < 4.78 is 54.6. The van der Waals surface area contributed by atoms with Crippen molar-refractivity contribution in [3.63, 3.8) is 0 Å². The van der Waals surface area contributed by atoms with Crippen LogP contribution in [0.1, 0.15) is 20.7 Å². The number of phenols is 1. The van der Waals surface area contributed by atoms with Gasteiger partial charge in [-0.2, -0.15) is 13.2 Å². The Labute approximate surface area is 154 Å². The van der Waals surface area contributed by atoms with E-state index in [0.29, 0.717) is 12.1 Å². The number of aliphatic hydroxyl groups is 2. The lowest BCUT2D eigenvalue weighted by Crippen LogP contribution is -2.40. The van der Waals surface area contributed by atoms with Crippen molar-refractivity contribution in [2.45, 2.75) is 18.4 Å². The molecule has 0 spiro atoms. The van der Waals surface area contributed by atoms with Gasteiger partial charge in [0.05, 0.1) is 5.56 Å². The Balaban J connectivity index is 2.93. The smallest absolute Gasteiger partial charge is 0.405 e. The molecule has 0 aliphatic rings. The van der Waals surface area contributed by atoms with Crippen LogP contribution in [0, 0.1) is 5.82 Å². The van der Waals surface area contributed by atoms with Crippen LogP contribution < -0.4 is 10.6 Å². The topological polar surface area (TPSA) is 147 Å². The zero-order valence-electron chi connectivity index (χ0n) is 14.2. The molecule has 155 valence electrons. The van der Waals surface area contributed by atoms with E-state index in [1.165, 1.54) is 5.32 Å². The summed E-state index contributed by atoms with van der Waals surface area (Å²) >= 11 is 0. The molecule has 28 heavy (non-hydrogen) atoms. The summed E-state index contributed by atoms with van der Waals surface area (Å²) in [7, 11) is 1.04. The van der Waals surface area contributed by atoms with Crippen LogP contribution in [0.5, 0.6) is 5.75 Å². The van der Waals surface area contributed by atoms with Crippen LogP contribution in [0.15, 0.2) is 12.1 Å².